The monoisotopic (exact) mass is 226 g/mol. The van der Waals surface area contributed by atoms with Crippen molar-refractivity contribution in [1.82, 2.24) is 4.90 Å². The van der Waals surface area contributed by atoms with Gasteiger partial charge in [-0.3, -0.25) is 4.79 Å². The Balaban J connectivity index is 2.62. The highest BCUT2D eigenvalue weighted by molar-refractivity contribution is 5.83. The number of nitrogens with two attached hydrogens (primary N) is 1. The van der Waals surface area contributed by atoms with Gasteiger partial charge in [-0.15, -0.1) is 0 Å². The minimum Gasteiger partial charge on any atom is -0.345 e. The second-order valence-electron chi connectivity index (χ2n) is 5.62. The lowest BCUT2D eigenvalue weighted by molar-refractivity contribution is -0.140. The Morgan fingerprint density at radius 3 is 2.69 bits per heavy atom. The number of carbonyl (C=O) groups excluding carboxylic acids is 1. The van der Waals surface area contributed by atoms with Crippen molar-refractivity contribution in [2.75, 3.05) is 13.6 Å². The Morgan fingerprint density at radius 1 is 1.62 bits per heavy atom. The Hall–Kier alpha value is -0.570. The molecule has 94 valence electrons. The summed E-state index contributed by atoms with van der Waals surface area (Å²) >= 11 is 0. The highest BCUT2D eigenvalue weighted by atomic mass is 16.2. The summed E-state index contributed by atoms with van der Waals surface area (Å²) in [7, 11) is 1.91. The number of amides is 1. The fourth-order valence-electron chi connectivity index (χ4n) is 2.57. The maximum Gasteiger partial charge on any atom is 0.229 e. The molecule has 0 aliphatic heterocycles. The molecule has 1 aliphatic rings. The Kier molecular flexibility index (Phi) is 4.36. The predicted molar refractivity (Wildman–Crippen MR) is 67.0 cm³/mol. The fraction of sp³-hybridized carbons (Fsp3) is 0.923. The summed E-state index contributed by atoms with van der Waals surface area (Å²) in [5.41, 5.74) is 5.75. The summed E-state index contributed by atoms with van der Waals surface area (Å²) in [6.07, 6.45) is 4.12. The van der Waals surface area contributed by atoms with Crippen molar-refractivity contribution in [2.45, 2.75) is 52.5 Å². The van der Waals surface area contributed by atoms with E-state index >= 15 is 0 Å². The van der Waals surface area contributed by atoms with Crippen molar-refractivity contribution in [3.63, 3.8) is 0 Å². The molecule has 3 nitrogen and oxygen atoms in total. The molecule has 0 aromatic rings. The van der Waals surface area contributed by atoms with Gasteiger partial charge in [0, 0.05) is 19.6 Å². The first-order valence-corrected chi connectivity index (χ1v) is 6.43. The third-order valence-corrected chi connectivity index (χ3v) is 4.15. The van der Waals surface area contributed by atoms with Crippen LogP contribution in [-0.2, 0) is 4.79 Å². The molecule has 1 rings (SSSR count). The van der Waals surface area contributed by atoms with E-state index < -0.39 is 0 Å². The second kappa shape index (κ2) is 5.17. The molecular weight excluding hydrogens is 200 g/mol. The van der Waals surface area contributed by atoms with E-state index in [0.29, 0.717) is 5.92 Å². The lowest BCUT2D eigenvalue weighted by atomic mass is 9.83. The summed E-state index contributed by atoms with van der Waals surface area (Å²) in [6, 6.07) is 0.0411. The molecule has 0 radical (unpaired) electrons. The highest BCUT2D eigenvalue weighted by Gasteiger charge is 2.44. The van der Waals surface area contributed by atoms with Gasteiger partial charge in [0.05, 0.1) is 5.41 Å². The number of carbonyl (C=O) groups is 1. The normalized spacial score (nSPS) is 31.4. The maximum atomic E-state index is 12.4. The maximum absolute atomic E-state index is 12.4. The minimum atomic E-state index is -0.317. The Morgan fingerprint density at radius 2 is 2.25 bits per heavy atom. The topological polar surface area (TPSA) is 46.3 Å². The van der Waals surface area contributed by atoms with Gasteiger partial charge in [0.2, 0.25) is 5.91 Å². The Bertz CT molecular complexity index is 254. The molecule has 3 atom stereocenters. The van der Waals surface area contributed by atoms with Gasteiger partial charge >= 0.3 is 0 Å². The molecule has 1 fully saturated rings. The van der Waals surface area contributed by atoms with Crippen molar-refractivity contribution >= 4 is 5.91 Å². The lowest BCUT2D eigenvalue weighted by Gasteiger charge is -2.33. The summed E-state index contributed by atoms with van der Waals surface area (Å²) in [4.78, 5) is 14.2. The second-order valence-corrected chi connectivity index (χ2v) is 5.62. The average molecular weight is 226 g/mol. The van der Waals surface area contributed by atoms with Crippen LogP contribution in [0, 0.1) is 11.3 Å². The zero-order valence-electron chi connectivity index (χ0n) is 11.1. The van der Waals surface area contributed by atoms with Crippen molar-refractivity contribution in [3.05, 3.63) is 0 Å². The molecule has 16 heavy (non-hydrogen) atoms. The van der Waals surface area contributed by atoms with Gasteiger partial charge in [-0.25, -0.2) is 0 Å². The molecule has 2 N–H and O–H groups in total. The zero-order valence-corrected chi connectivity index (χ0v) is 11.1. The smallest absolute Gasteiger partial charge is 0.229 e. The van der Waals surface area contributed by atoms with Crippen LogP contribution in [0.2, 0.25) is 0 Å². The van der Waals surface area contributed by atoms with Crippen molar-refractivity contribution in [2.24, 2.45) is 17.1 Å². The lowest BCUT2D eigenvalue weighted by Crippen LogP contribution is -2.48. The van der Waals surface area contributed by atoms with Crippen LogP contribution in [-0.4, -0.2) is 30.4 Å². The number of rotatable bonds is 4. The van der Waals surface area contributed by atoms with E-state index in [1.54, 1.807) is 0 Å². The third kappa shape index (κ3) is 2.57. The molecule has 0 bridgehead atoms. The van der Waals surface area contributed by atoms with E-state index in [9.17, 15) is 4.79 Å². The van der Waals surface area contributed by atoms with Crippen LogP contribution >= 0.6 is 0 Å². The van der Waals surface area contributed by atoms with Gasteiger partial charge in [-0.1, -0.05) is 26.7 Å². The van der Waals surface area contributed by atoms with E-state index in [4.69, 9.17) is 5.73 Å². The van der Waals surface area contributed by atoms with Crippen LogP contribution in [0.5, 0.6) is 0 Å². The quantitative estimate of drug-likeness (QED) is 0.797. The number of nitrogens with zero attached hydrogens (tertiary/aromatic N) is 1. The van der Waals surface area contributed by atoms with E-state index in [1.807, 2.05) is 18.9 Å². The molecule has 0 aromatic carbocycles. The first-order valence-electron chi connectivity index (χ1n) is 6.43. The SMILES string of the molecule is CCC(C)CN(C)C(=O)C1(C)CCCC1N. The Labute approximate surface area is 99.4 Å². The fourth-order valence-corrected chi connectivity index (χ4v) is 2.57. The van der Waals surface area contributed by atoms with Crippen molar-refractivity contribution in [1.29, 1.82) is 0 Å². The molecular formula is C13H26N2O. The van der Waals surface area contributed by atoms with Crippen LogP contribution in [0.15, 0.2) is 0 Å². The largest absolute Gasteiger partial charge is 0.345 e. The van der Waals surface area contributed by atoms with Crippen molar-refractivity contribution in [3.8, 4) is 0 Å². The van der Waals surface area contributed by atoms with E-state index in [-0.39, 0.29) is 17.4 Å². The van der Waals surface area contributed by atoms with Gasteiger partial charge in [0.15, 0.2) is 0 Å². The summed E-state index contributed by atoms with van der Waals surface area (Å²) < 4.78 is 0. The summed E-state index contributed by atoms with van der Waals surface area (Å²) in [5, 5.41) is 0. The standard InChI is InChI=1S/C13H26N2O/c1-5-10(2)9-15(4)12(16)13(3)8-6-7-11(13)14/h10-11H,5-9,14H2,1-4H3. The molecule has 1 saturated carbocycles. The van der Waals surface area contributed by atoms with Gasteiger partial charge in [0.25, 0.3) is 0 Å². The van der Waals surface area contributed by atoms with Gasteiger partial charge in [0.1, 0.15) is 0 Å². The van der Waals surface area contributed by atoms with Gasteiger partial charge < -0.3 is 10.6 Å². The molecule has 0 heterocycles. The van der Waals surface area contributed by atoms with Gasteiger partial charge in [-0.2, -0.15) is 0 Å². The first kappa shape index (κ1) is 13.5. The first-order chi connectivity index (χ1) is 7.41. The number of hydrogen-bond donors (Lipinski definition) is 1. The van der Waals surface area contributed by atoms with Crippen LogP contribution in [0.25, 0.3) is 0 Å². The summed E-state index contributed by atoms with van der Waals surface area (Å²) in [5.74, 6) is 0.799. The van der Waals surface area contributed by atoms with Crippen LogP contribution in [0.4, 0.5) is 0 Å². The van der Waals surface area contributed by atoms with Crippen LogP contribution < -0.4 is 5.73 Å². The van der Waals surface area contributed by atoms with E-state index in [0.717, 1.165) is 32.2 Å². The number of hydrogen-bond acceptors (Lipinski definition) is 2. The average Bonchev–Trinajstić information content (AvgIpc) is 2.59. The highest BCUT2D eigenvalue weighted by Crippen LogP contribution is 2.38. The molecule has 0 spiro atoms. The van der Waals surface area contributed by atoms with E-state index in [2.05, 4.69) is 13.8 Å². The molecule has 1 amide bonds. The molecule has 3 heteroatoms. The zero-order chi connectivity index (χ0) is 12.3. The van der Waals surface area contributed by atoms with Crippen LogP contribution in [0.3, 0.4) is 0 Å². The predicted octanol–water partition coefficient (Wildman–Crippen LogP) is 2.01. The summed E-state index contributed by atoms with van der Waals surface area (Å²) in [6.45, 7) is 7.21. The molecule has 0 saturated heterocycles. The molecule has 1 aliphatic carbocycles. The molecule has 0 aromatic heterocycles. The minimum absolute atomic E-state index is 0.0411. The van der Waals surface area contributed by atoms with E-state index in [1.165, 1.54) is 0 Å². The van der Waals surface area contributed by atoms with Gasteiger partial charge in [-0.05, 0) is 25.7 Å². The van der Waals surface area contributed by atoms with Crippen LogP contribution in [0.1, 0.15) is 46.5 Å². The third-order valence-electron chi connectivity index (χ3n) is 4.15. The molecule has 3 unspecified atom stereocenters. The van der Waals surface area contributed by atoms with Crippen molar-refractivity contribution < 1.29 is 4.79 Å².